The summed E-state index contributed by atoms with van der Waals surface area (Å²) in [4.78, 5) is 40.3. The van der Waals surface area contributed by atoms with Crippen molar-refractivity contribution in [2.75, 3.05) is 26.2 Å². The standard InChI is InChI=1S/C22H30N2O4/c1-16-13-19(22(27)28)15-24(14-16)21(26)18-9-11-23(12-10-18)20(25)8-7-17-5-3-2-4-6-17/h2-6,16,18-19H,7-15H2,1H3,(H,27,28). The average molecular weight is 386 g/mol. The first-order chi connectivity index (χ1) is 13.4. The van der Waals surface area contributed by atoms with Crippen molar-refractivity contribution in [3.05, 3.63) is 35.9 Å². The van der Waals surface area contributed by atoms with Crippen LogP contribution in [0.3, 0.4) is 0 Å². The molecule has 0 radical (unpaired) electrons. The first kappa shape index (κ1) is 20.4. The molecule has 3 rings (SSSR count). The number of piperidine rings is 2. The van der Waals surface area contributed by atoms with E-state index in [0.29, 0.717) is 51.9 Å². The Morgan fingerprint density at radius 1 is 1.00 bits per heavy atom. The Labute approximate surface area is 166 Å². The fraction of sp³-hybridized carbons (Fsp3) is 0.591. The number of amides is 2. The number of carbonyl (C=O) groups excluding carboxylic acids is 2. The number of rotatable bonds is 5. The van der Waals surface area contributed by atoms with Crippen LogP contribution in [0.4, 0.5) is 0 Å². The van der Waals surface area contributed by atoms with Gasteiger partial charge in [-0.15, -0.1) is 0 Å². The van der Waals surface area contributed by atoms with Gasteiger partial charge in [-0.1, -0.05) is 37.3 Å². The minimum Gasteiger partial charge on any atom is -0.481 e. The average Bonchev–Trinajstić information content (AvgIpc) is 2.72. The third-order valence-corrected chi connectivity index (χ3v) is 5.99. The summed E-state index contributed by atoms with van der Waals surface area (Å²) in [5.41, 5.74) is 1.16. The molecule has 2 heterocycles. The van der Waals surface area contributed by atoms with Gasteiger partial charge >= 0.3 is 5.97 Å². The summed E-state index contributed by atoms with van der Waals surface area (Å²) >= 11 is 0. The van der Waals surface area contributed by atoms with Gasteiger partial charge in [0.2, 0.25) is 11.8 Å². The number of benzene rings is 1. The molecule has 2 aliphatic rings. The van der Waals surface area contributed by atoms with E-state index >= 15 is 0 Å². The number of carbonyl (C=O) groups is 3. The first-order valence-corrected chi connectivity index (χ1v) is 10.3. The summed E-state index contributed by atoms with van der Waals surface area (Å²) in [5.74, 6) is -0.964. The van der Waals surface area contributed by atoms with Crippen molar-refractivity contribution in [3.8, 4) is 0 Å². The predicted octanol–water partition coefficient (Wildman–Crippen LogP) is 2.43. The van der Waals surface area contributed by atoms with Crippen molar-refractivity contribution in [1.82, 2.24) is 9.80 Å². The molecule has 6 nitrogen and oxygen atoms in total. The Morgan fingerprint density at radius 2 is 1.68 bits per heavy atom. The van der Waals surface area contributed by atoms with Crippen molar-refractivity contribution in [3.63, 3.8) is 0 Å². The van der Waals surface area contributed by atoms with E-state index in [1.807, 2.05) is 42.2 Å². The zero-order chi connectivity index (χ0) is 20.1. The van der Waals surface area contributed by atoms with Gasteiger partial charge in [0, 0.05) is 38.5 Å². The number of aryl methyl sites for hydroxylation is 1. The predicted molar refractivity (Wildman–Crippen MR) is 106 cm³/mol. The number of likely N-dealkylation sites (tertiary alicyclic amines) is 2. The van der Waals surface area contributed by atoms with Gasteiger partial charge < -0.3 is 14.9 Å². The van der Waals surface area contributed by atoms with E-state index in [-0.39, 0.29) is 23.7 Å². The van der Waals surface area contributed by atoms with Gasteiger partial charge in [-0.3, -0.25) is 14.4 Å². The van der Waals surface area contributed by atoms with E-state index in [4.69, 9.17) is 0 Å². The summed E-state index contributed by atoms with van der Waals surface area (Å²) in [5, 5.41) is 9.31. The van der Waals surface area contributed by atoms with Crippen LogP contribution in [0, 0.1) is 17.8 Å². The van der Waals surface area contributed by atoms with Crippen molar-refractivity contribution in [1.29, 1.82) is 0 Å². The fourth-order valence-electron chi connectivity index (χ4n) is 4.40. The van der Waals surface area contributed by atoms with Crippen LogP contribution in [0.5, 0.6) is 0 Å². The quantitative estimate of drug-likeness (QED) is 0.843. The van der Waals surface area contributed by atoms with Crippen LogP contribution < -0.4 is 0 Å². The monoisotopic (exact) mass is 386 g/mol. The highest BCUT2D eigenvalue weighted by molar-refractivity contribution is 5.81. The van der Waals surface area contributed by atoms with Crippen molar-refractivity contribution in [2.45, 2.75) is 39.0 Å². The van der Waals surface area contributed by atoms with Crippen molar-refractivity contribution in [2.24, 2.45) is 17.8 Å². The van der Waals surface area contributed by atoms with Crippen LogP contribution >= 0.6 is 0 Å². The molecule has 1 N–H and O–H groups in total. The second-order valence-corrected chi connectivity index (χ2v) is 8.26. The van der Waals surface area contributed by atoms with Crippen molar-refractivity contribution >= 4 is 17.8 Å². The Bertz CT molecular complexity index is 698. The molecule has 2 saturated heterocycles. The number of carboxylic acid groups (broad SMARTS) is 1. The molecule has 2 atom stereocenters. The molecule has 1 aromatic rings. The lowest BCUT2D eigenvalue weighted by Gasteiger charge is -2.39. The second kappa shape index (κ2) is 9.22. The minimum absolute atomic E-state index is 0.0641. The van der Waals surface area contributed by atoms with E-state index in [0.717, 1.165) is 12.0 Å². The maximum atomic E-state index is 12.9. The molecule has 1 aromatic carbocycles. The number of nitrogens with zero attached hydrogens (tertiary/aromatic N) is 2. The lowest BCUT2D eigenvalue weighted by atomic mass is 9.88. The molecule has 2 amide bonds. The molecule has 152 valence electrons. The third kappa shape index (κ3) is 5.12. The summed E-state index contributed by atoms with van der Waals surface area (Å²) in [6.07, 6.45) is 3.19. The van der Waals surface area contributed by atoms with Gasteiger partial charge in [0.25, 0.3) is 0 Å². The van der Waals surface area contributed by atoms with Crippen molar-refractivity contribution < 1.29 is 19.5 Å². The van der Waals surface area contributed by atoms with E-state index in [1.165, 1.54) is 0 Å². The van der Waals surface area contributed by atoms with Gasteiger partial charge in [0.05, 0.1) is 5.92 Å². The highest BCUT2D eigenvalue weighted by Crippen LogP contribution is 2.26. The number of aliphatic carboxylic acids is 1. The lowest BCUT2D eigenvalue weighted by molar-refractivity contribution is -0.149. The molecule has 2 fully saturated rings. The summed E-state index contributed by atoms with van der Waals surface area (Å²) in [7, 11) is 0. The smallest absolute Gasteiger partial charge is 0.308 e. The van der Waals surface area contributed by atoms with Gasteiger partial charge in [0.1, 0.15) is 0 Å². The Balaban J connectivity index is 1.47. The number of hydrogen-bond acceptors (Lipinski definition) is 3. The van der Waals surface area contributed by atoms with E-state index in [1.54, 1.807) is 4.90 Å². The van der Waals surface area contributed by atoms with Gasteiger partial charge in [-0.2, -0.15) is 0 Å². The fourth-order valence-corrected chi connectivity index (χ4v) is 4.40. The number of hydrogen-bond donors (Lipinski definition) is 1. The highest BCUT2D eigenvalue weighted by Gasteiger charge is 2.36. The largest absolute Gasteiger partial charge is 0.481 e. The Morgan fingerprint density at radius 3 is 2.32 bits per heavy atom. The van der Waals surface area contributed by atoms with Crippen LogP contribution in [0.2, 0.25) is 0 Å². The molecule has 2 aliphatic heterocycles. The molecule has 6 heteroatoms. The molecular weight excluding hydrogens is 356 g/mol. The Kier molecular flexibility index (Phi) is 6.70. The zero-order valence-electron chi connectivity index (χ0n) is 16.5. The van der Waals surface area contributed by atoms with Crippen LogP contribution in [0.1, 0.15) is 38.2 Å². The van der Waals surface area contributed by atoms with Crippen LogP contribution in [0.25, 0.3) is 0 Å². The normalized spacial score (nSPS) is 23.5. The summed E-state index contributed by atoms with van der Waals surface area (Å²) in [6, 6.07) is 9.99. The van der Waals surface area contributed by atoms with E-state index < -0.39 is 11.9 Å². The van der Waals surface area contributed by atoms with Gasteiger partial charge in [0.15, 0.2) is 0 Å². The molecule has 0 aliphatic carbocycles. The molecule has 2 unspecified atom stereocenters. The van der Waals surface area contributed by atoms with Gasteiger partial charge in [-0.25, -0.2) is 0 Å². The van der Waals surface area contributed by atoms with Crippen LogP contribution in [-0.4, -0.2) is 58.9 Å². The minimum atomic E-state index is -0.816. The topological polar surface area (TPSA) is 77.9 Å². The Hall–Kier alpha value is -2.37. The number of carboxylic acids is 1. The zero-order valence-corrected chi connectivity index (χ0v) is 16.5. The SMILES string of the molecule is CC1CC(C(=O)O)CN(C(=O)C2CCN(C(=O)CCc3ccccc3)CC2)C1. The molecule has 28 heavy (non-hydrogen) atoms. The molecule has 0 aromatic heterocycles. The van der Waals surface area contributed by atoms with Crippen LogP contribution in [0.15, 0.2) is 30.3 Å². The van der Waals surface area contributed by atoms with Crippen LogP contribution in [-0.2, 0) is 20.8 Å². The van der Waals surface area contributed by atoms with E-state index in [2.05, 4.69) is 0 Å². The third-order valence-electron chi connectivity index (χ3n) is 5.99. The lowest BCUT2D eigenvalue weighted by Crippen LogP contribution is -2.50. The molecule has 0 spiro atoms. The molecular formula is C22H30N2O4. The van der Waals surface area contributed by atoms with E-state index in [9.17, 15) is 19.5 Å². The summed E-state index contributed by atoms with van der Waals surface area (Å²) in [6.45, 7) is 4.17. The second-order valence-electron chi connectivity index (χ2n) is 8.26. The maximum absolute atomic E-state index is 12.9. The maximum Gasteiger partial charge on any atom is 0.308 e. The first-order valence-electron chi connectivity index (χ1n) is 10.3. The molecule has 0 bridgehead atoms. The van der Waals surface area contributed by atoms with Gasteiger partial charge in [-0.05, 0) is 37.2 Å². The molecule has 0 saturated carbocycles. The highest BCUT2D eigenvalue weighted by atomic mass is 16.4. The summed E-state index contributed by atoms with van der Waals surface area (Å²) < 4.78 is 0.